The van der Waals surface area contributed by atoms with Gasteiger partial charge in [0.15, 0.2) is 0 Å². The molecule has 1 aromatic carbocycles. The van der Waals surface area contributed by atoms with Crippen molar-refractivity contribution in [2.45, 2.75) is 58.0 Å². The second kappa shape index (κ2) is 7.44. The zero-order chi connectivity index (χ0) is 14.4. The van der Waals surface area contributed by atoms with Gasteiger partial charge in [0.2, 0.25) is 5.91 Å². The van der Waals surface area contributed by atoms with Gasteiger partial charge in [-0.15, -0.1) is 0 Å². The molecule has 0 bridgehead atoms. The third kappa shape index (κ3) is 3.83. The molecule has 3 nitrogen and oxygen atoms in total. The summed E-state index contributed by atoms with van der Waals surface area (Å²) < 4.78 is 0. The molecule has 1 fully saturated rings. The van der Waals surface area contributed by atoms with Gasteiger partial charge < -0.3 is 4.90 Å². The zero-order valence-electron chi connectivity index (χ0n) is 12.6. The van der Waals surface area contributed by atoms with Crippen LogP contribution in [0.4, 0.5) is 0 Å². The summed E-state index contributed by atoms with van der Waals surface area (Å²) >= 11 is 0. The Kier molecular flexibility index (Phi) is 5.60. The van der Waals surface area contributed by atoms with Crippen molar-refractivity contribution in [3.8, 4) is 0 Å². The highest BCUT2D eigenvalue weighted by Crippen LogP contribution is 2.16. The summed E-state index contributed by atoms with van der Waals surface area (Å²) in [5, 5.41) is 3.35. The first kappa shape index (κ1) is 15.0. The lowest BCUT2D eigenvalue weighted by Gasteiger charge is -2.23. The standard InChI is InChI=1S/C17H26N2O/c1-3-4-6-9-14(2)19-13-18-16(17(19)20)12-15-10-7-5-8-11-15/h5,7-8,10-11,14,16,18H,3-4,6,9,12-13H2,1-2H3. The Balaban J connectivity index is 1.85. The first-order valence-electron chi connectivity index (χ1n) is 7.80. The molecule has 3 heteroatoms. The number of rotatable bonds is 7. The summed E-state index contributed by atoms with van der Waals surface area (Å²) in [4.78, 5) is 14.5. The van der Waals surface area contributed by atoms with Crippen LogP contribution in [-0.2, 0) is 11.2 Å². The third-order valence-corrected chi connectivity index (χ3v) is 4.13. The van der Waals surface area contributed by atoms with E-state index < -0.39 is 0 Å². The third-order valence-electron chi connectivity index (χ3n) is 4.13. The number of carbonyl (C=O) groups is 1. The van der Waals surface area contributed by atoms with Crippen molar-refractivity contribution in [2.24, 2.45) is 0 Å². The Bertz CT molecular complexity index is 418. The van der Waals surface area contributed by atoms with Crippen molar-refractivity contribution >= 4 is 5.91 Å². The topological polar surface area (TPSA) is 32.3 Å². The van der Waals surface area contributed by atoms with Gasteiger partial charge in [-0.25, -0.2) is 0 Å². The van der Waals surface area contributed by atoms with E-state index in [1.165, 1.54) is 24.8 Å². The first-order chi connectivity index (χ1) is 9.72. The lowest BCUT2D eigenvalue weighted by Crippen LogP contribution is -2.37. The number of benzene rings is 1. The van der Waals surface area contributed by atoms with Gasteiger partial charge in [-0.3, -0.25) is 10.1 Å². The molecular formula is C17H26N2O. The molecule has 2 unspecified atom stereocenters. The molecule has 1 aromatic rings. The molecule has 110 valence electrons. The summed E-state index contributed by atoms with van der Waals surface area (Å²) in [5.41, 5.74) is 1.22. The molecule has 0 aromatic heterocycles. The molecule has 0 aliphatic carbocycles. The predicted molar refractivity (Wildman–Crippen MR) is 82.4 cm³/mol. The summed E-state index contributed by atoms with van der Waals surface area (Å²) in [6.07, 6.45) is 5.60. The average molecular weight is 274 g/mol. The van der Waals surface area contributed by atoms with Crippen LogP contribution in [0.1, 0.15) is 45.1 Å². The number of nitrogens with one attached hydrogen (secondary N) is 1. The highest BCUT2D eigenvalue weighted by molar-refractivity contribution is 5.84. The Morgan fingerprint density at radius 2 is 2.05 bits per heavy atom. The Labute approximate surface area is 122 Å². The fourth-order valence-corrected chi connectivity index (χ4v) is 2.80. The molecule has 1 N–H and O–H groups in total. The molecule has 0 saturated carbocycles. The van der Waals surface area contributed by atoms with Crippen molar-refractivity contribution in [1.82, 2.24) is 10.2 Å². The fraction of sp³-hybridized carbons (Fsp3) is 0.588. The van der Waals surface area contributed by atoms with Crippen molar-refractivity contribution < 1.29 is 4.79 Å². The van der Waals surface area contributed by atoms with Gasteiger partial charge in [0.25, 0.3) is 0 Å². The Morgan fingerprint density at radius 1 is 1.30 bits per heavy atom. The molecule has 0 radical (unpaired) electrons. The quantitative estimate of drug-likeness (QED) is 0.775. The van der Waals surface area contributed by atoms with Gasteiger partial charge in [0.1, 0.15) is 0 Å². The molecule has 1 amide bonds. The van der Waals surface area contributed by atoms with Gasteiger partial charge in [0.05, 0.1) is 12.7 Å². The summed E-state index contributed by atoms with van der Waals surface area (Å²) in [7, 11) is 0. The van der Waals surface area contributed by atoms with Gasteiger partial charge in [-0.2, -0.15) is 0 Å². The number of hydrogen-bond donors (Lipinski definition) is 1. The largest absolute Gasteiger partial charge is 0.326 e. The van der Waals surface area contributed by atoms with Crippen LogP contribution in [0.5, 0.6) is 0 Å². The van der Waals surface area contributed by atoms with Crippen LogP contribution in [0.15, 0.2) is 30.3 Å². The molecule has 1 aliphatic heterocycles. The average Bonchev–Trinajstić information content (AvgIpc) is 2.82. The number of hydrogen-bond acceptors (Lipinski definition) is 2. The van der Waals surface area contributed by atoms with E-state index >= 15 is 0 Å². The summed E-state index contributed by atoms with van der Waals surface area (Å²) in [5.74, 6) is 0.262. The number of amides is 1. The van der Waals surface area contributed by atoms with E-state index in [4.69, 9.17) is 0 Å². The van der Waals surface area contributed by atoms with E-state index in [-0.39, 0.29) is 11.9 Å². The Hall–Kier alpha value is -1.35. The minimum Gasteiger partial charge on any atom is -0.326 e. The smallest absolute Gasteiger partial charge is 0.241 e. The van der Waals surface area contributed by atoms with Crippen LogP contribution in [0.2, 0.25) is 0 Å². The van der Waals surface area contributed by atoms with Crippen molar-refractivity contribution in [1.29, 1.82) is 0 Å². The van der Waals surface area contributed by atoms with Gasteiger partial charge in [-0.05, 0) is 25.3 Å². The van der Waals surface area contributed by atoms with E-state index in [1.807, 2.05) is 23.1 Å². The van der Waals surface area contributed by atoms with Crippen LogP contribution < -0.4 is 5.32 Å². The molecule has 0 spiro atoms. The highest BCUT2D eigenvalue weighted by atomic mass is 16.2. The summed E-state index contributed by atoms with van der Waals surface area (Å²) in [6.45, 7) is 5.08. The van der Waals surface area contributed by atoms with Crippen LogP contribution in [0, 0.1) is 0 Å². The normalized spacial score (nSPS) is 20.4. The van der Waals surface area contributed by atoms with Crippen LogP contribution in [-0.4, -0.2) is 29.6 Å². The van der Waals surface area contributed by atoms with E-state index in [1.54, 1.807) is 0 Å². The maximum absolute atomic E-state index is 12.4. The lowest BCUT2D eigenvalue weighted by molar-refractivity contribution is -0.130. The summed E-state index contributed by atoms with van der Waals surface area (Å²) in [6, 6.07) is 10.5. The van der Waals surface area contributed by atoms with Crippen molar-refractivity contribution in [3.05, 3.63) is 35.9 Å². The molecule has 1 saturated heterocycles. The Morgan fingerprint density at radius 3 is 2.75 bits per heavy atom. The molecular weight excluding hydrogens is 248 g/mol. The van der Waals surface area contributed by atoms with E-state index in [0.717, 1.165) is 12.8 Å². The second-order valence-corrected chi connectivity index (χ2v) is 5.76. The maximum Gasteiger partial charge on any atom is 0.241 e. The molecule has 1 aliphatic rings. The first-order valence-corrected chi connectivity index (χ1v) is 7.80. The number of carbonyl (C=O) groups excluding carboxylic acids is 1. The van der Waals surface area contributed by atoms with Crippen LogP contribution >= 0.6 is 0 Å². The highest BCUT2D eigenvalue weighted by Gasteiger charge is 2.33. The van der Waals surface area contributed by atoms with Gasteiger partial charge >= 0.3 is 0 Å². The number of nitrogens with zero attached hydrogens (tertiary/aromatic N) is 1. The fourth-order valence-electron chi connectivity index (χ4n) is 2.80. The monoisotopic (exact) mass is 274 g/mol. The minimum absolute atomic E-state index is 0.0500. The molecule has 2 rings (SSSR count). The van der Waals surface area contributed by atoms with E-state index in [9.17, 15) is 4.79 Å². The predicted octanol–water partition coefficient (Wildman–Crippen LogP) is 2.96. The lowest BCUT2D eigenvalue weighted by atomic mass is 10.0. The maximum atomic E-state index is 12.4. The molecule has 20 heavy (non-hydrogen) atoms. The van der Waals surface area contributed by atoms with E-state index in [2.05, 4.69) is 31.3 Å². The molecule has 1 heterocycles. The van der Waals surface area contributed by atoms with Crippen molar-refractivity contribution in [2.75, 3.05) is 6.67 Å². The SMILES string of the molecule is CCCCCC(C)N1CNC(Cc2ccccc2)C1=O. The van der Waals surface area contributed by atoms with E-state index in [0.29, 0.717) is 12.7 Å². The van der Waals surface area contributed by atoms with Crippen LogP contribution in [0.3, 0.4) is 0 Å². The molecule has 2 atom stereocenters. The zero-order valence-corrected chi connectivity index (χ0v) is 12.6. The van der Waals surface area contributed by atoms with Gasteiger partial charge in [-0.1, -0.05) is 56.5 Å². The van der Waals surface area contributed by atoms with Gasteiger partial charge in [0, 0.05) is 6.04 Å². The van der Waals surface area contributed by atoms with Crippen molar-refractivity contribution in [3.63, 3.8) is 0 Å². The number of unbranched alkanes of at least 4 members (excludes halogenated alkanes) is 2. The van der Waals surface area contributed by atoms with Crippen LogP contribution in [0.25, 0.3) is 0 Å². The second-order valence-electron chi connectivity index (χ2n) is 5.76. The minimum atomic E-state index is -0.0500.